The number of anilines is 1. The molecule has 2 saturated heterocycles. The van der Waals surface area contributed by atoms with Crippen LogP contribution in [0.5, 0.6) is 0 Å². The largest absolute Gasteiger partial charge is 0.368 e. The van der Waals surface area contributed by atoms with Crippen molar-refractivity contribution >= 4 is 38.6 Å². The van der Waals surface area contributed by atoms with Crippen LogP contribution in [0.3, 0.4) is 0 Å². The van der Waals surface area contributed by atoms with Gasteiger partial charge in [0.15, 0.2) is 0 Å². The van der Waals surface area contributed by atoms with Gasteiger partial charge in [0.1, 0.15) is 5.82 Å². The summed E-state index contributed by atoms with van der Waals surface area (Å²) in [5.74, 6) is 1.40. The second kappa shape index (κ2) is 11.1. The summed E-state index contributed by atoms with van der Waals surface area (Å²) >= 11 is 3.56. The van der Waals surface area contributed by atoms with E-state index >= 15 is 0 Å². The lowest BCUT2D eigenvalue weighted by atomic mass is 9.96. The van der Waals surface area contributed by atoms with Crippen molar-refractivity contribution in [3.63, 3.8) is 0 Å². The number of aromatic nitrogens is 2. The molecule has 1 amide bonds. The molecule has 0 bridgehead atoms. The molecule has 0 aliphatic carbocycles. The van der Waals surface area contributed by atoms with E-state index in [1.807, 2.05) is 6.07 Å². The predicted molar refractivity (Wildman–Crippen MR) is 161 cm³/mol. The van der Waals surface area contributed by atoms with Gasteiger partial charge in [-0.3, -0.25) is 14.3 Å². The molecular weight excluding hydrogens is 550 g/mol. The average molecular weight is 587 g/mol. The van der Waals surface area contributed by atoms with Crippen molar-refractivity contribution in [3.05, 3.63) is 88.2 Å². The minimum atomic E-state index is 0.0523. The van der Waals surface area contributed by atoms with Gasteiger partial charge in [0, 0.05) is 48.6 Å². The summed E-state index contributed by atoms with van der Waals surface area (Å²) in [7, 11) is 0. The number of hydrogen-bond acceptors (Lipinski definition) is 4. The van der Waals surface area contributed by atoms with Crippen molar-refractivity contribution in [2.45, 2.75) is 33.2 Å². The third-order valence-electron chi connectivity index (χ3n) is 8.44. The number of imidazole rings is 1. The molecule has 0 N–H and O–H groups in total. The van der Waals surface area contributed by atoms with Crippen LogP contribution in [-0.2, 0) is 11.3 Å². The number of amides is 1. The van der Waals surface area contributed by atoms with Crippen LogP contribution in [0.2, 0.25) is 0 Å². The quantitative estimate of drug-likeness (QED) is 0.289. The Bertz CT molecular complexity index is 1470. The first kappa shape index (κ1) is 26.1. The average Bonchev–Trinajstić information content (AvgIpc) is 3.32. The molecule has 1 aromatic heterocycles. The number of carbonyl (C=O) groups excluding carboxylic acids is 1. The molecule has 0 unspecified atom stereocenters. The molecule has 0 radical (unpaired) electrons. The van der Waals surface area contributed by atoms with E-state index in [4.69, 9.17) is 4.98 Å². The second-order valence-electron chi connectivity index (χ2n) is 10.9. The summed E-state index contributed by atoms with van der Waals surface area (Å²) in [6, 6.07) is 23.2. The van der Waals surface area contributed by atoms with Crippen molar-refractivity contribution in [2.75, 3.05) is 44.2 Å². The third kappa shape index (κ3) is 5.35. The van der Waals surface area contributed by atoms with Crippen LogP contribution in [0.4, 0.5) is 5.69 Å². The Labute approximate surface area is 239 Å². The van der Waals surface area contributed by atoms with Crippen LogP contribution in [0.15, 0.2) is 71.2 Å². The number of rotatable bonds is 5. The Morgan fingerprint density at radius 1 is 0.923 bits per heavy atom. The van der Waals surface area contributed by atoms with Crippen LogP contribution in [0.1, 0.15) is 29.8 Å². The van der Waals surface area contributed by atoms with Crippen LogP contribution in [-0.4, -0.2) is 64.5 Å². The first-order chi connectivity index (χ1) is 19.0. The number of piperidine rings is 1. The predicted octanol–water partition coefficient (Wildman–Crippen LogP) is 5.97. The number of piperazine rings is 1. The van der Waals surface area contributed by atoms with Crippen LogP contribution in [0.25, 0.3) is 16.7 Å². The smallest absolute Gasteiger partial charge is 0.227 e. The van der Waals surface area contributed by atoms with Crippen LogP contribution >= 0.6 is 15.9 Å². The zero-order valence-electron chi connectivity index (χ0n) is 22.8. The summed E-state index contributed by atoms with van der Waals surface area (Å²) in [5, 5.41) is 0. The molecule has 202 valence electrons. The Hall–Kier alpha value is -3.16. The standard InChI is InChI=1S/C32H36BrN5O/c1-23-7-5-11-29(24(23)2)36-17-19-37(20-18-36)32(39)25-8-6-16-35(21-25)22-31-34-28-9-3-4-10-30(28)38(31)27-14-12-26(33)13-15-27/h3-5,7,9-15,25H,6,8,16-22H2,1-2H3/t25-/m0/s1. The van der Waals surface area contributed by atoms with E-state index in [1.54, 1.807) is 0 Å². The third-order valence-corrected chi connectivity index (χ3v) is 8.97. The number of carbonyl (C=O) groups is 1. The molecule has 6 rings (SSSR count). The molecule has 2 aliphatic rings. The molecular formula is C32H36BrN5O. The number of halogens is 1. The highest BCUT2D eigenvalue weighted by atomic mass is 79.9. The topological polar surface area (TPSA) is 44.6 Å². The van der Waals surface area contributed by atoms with E-state index in [1.165, 1.54) is 16.8 Å². The monoisotopic (exact) mass is 585 g/mol. The lowest BCUT2D eigenvalue weighted by Crippen LogP contribution is -2.52. The number of hydrogen-bond donors (Lipinski definition) is 0. The minimum absolute atomic E-state index is 0.0523. The Morgan fingerprint density at radius 2 is 1.69 bits per heavy atom. The first-order valence-electron chi connectivity index (χ1n) is 14.0. The van der Waals surface area contributed by atoms with Gasteiger partial charge in [0.2, 0.25) is 5.91 Å². The molecule has 4 aromatic rings. The number of aryl methyl sites for hydroxylation is 1. The van der Waals surface area contributed by atoms with Gasteiger partial charge in [-0.25, -0.2) is 4.98 Å². The highest BCUT2D eigenvalue weighted by Crippen LogP contribution is 2.28. The van der Waals surface area contributed by atoms with Gasteiger partial charge in [-0.2, -0.15) is 0 Å². The van der Waals surface area contributed by atoms with Crippen molar-refractivity contribution in [1.29, 1.82) is 0 Å². The second-order valence-corrected chi connectivity index (χ2v) is 11.8. The number of para-hydroxylation sites is 2. The maximum atomic E-state index is 13.6. The number of nitrogens with zero attached hydrogens (tertiary/aromatic N) is 5. The van der Waals surface area contributed by atoms with Crippen LogP contribution in [0, 0.1) is 19.8 Å². The van der Waals surface area contributed by atoms with Gasteiger partial charge in [0.25, 0.3) is 0 Å². The van der Waals surface area contributed by atoms with E-state index in [0.717, 1.165) is 85.7 Å². The molecule has 3 aromatic carbocycles. The van der Waals surface area contributed by atoms with E-state index in [2.05, 4.69) is 110 Å². The molecule has 7 heteroatoms. The zero-order chi connectivity index (χ0) is 26.9. The van der Waals surface area contributed by atoms with Gasteiger partial charge in [-0.1, -0.05) is 40.2 Å². The number of benzene rings is 3. The SMILES string of the molecule is Cc1cccc(N2CCN(C(=O)[C@H]3CCCN(Cc4nc5ccccc5n4-c4ccc(Br)cc4)C3)CC2)c1C. The molecule has 6 nitrogen and oxygen atoms in total. The molecule has 0 saturated carbocycles. The fraction of sp³-hybridized carbons (Fsp3) is 0.375. The maximum Gasteiger partial charge on any atom is 0.227 e. The fourth-order valence-electron chi connectivity index (χ4n) is 6.17. The molecule has 3 heterocycles. The maximum absolute atomic E-state index is 13.6. The molecule has 39 heavy (non-hydrogen) atoms. The normalized spacial score (nSPS) is 18.6. The van der Waals surface area contributed by atoms with Gasteiger partial charge in [-0.05, 0) is 86.8 Å². The summed E-state index contributed by atoms with van der Waals surface area (Å²) in [6.07, 6.45) is 2.01. The van der Waals surface area contributed by atoms with Crippen molar-refractivity contribution in [2.24, 2.45) is 5.92 Å². The lowest BCUT2D eigenvalue weighted by Gasteiger charge is -2.40. The minimum Gasteiger partial charge on any atom is -0.368 e. The van der Waals surface area contributed by atoms with E-state index in [9.17, 15) is 4.79 Å². The van der Waals surface area contributed by atoms with E-state index < -0.39 is 0 Å². The zero-order valence-corrected chi connectivity index (χ0v) is 24.4. The number of fused-ring (bicyclic) bond motifs is 1. The van der Waals surface area contributed by atoms with Gasteiger partial charge in [-0.15, -0.1) is 0 Å². The summed E-state index contributed by atoms with van der Waals surface area (Å²) in [5.41, 5.74) is 7.19. The number of likely N-dealkylation sites (tertiary alicyclic amines) is 1. The van der Waals surface area contributed by atoms with Crippen LogP contribution < -0.4 is 4.90 Å². The fourth-order valence-corrected chi connectivity index (χ4v) is 6.43. The van der Waals surface area contributed by atoms with Gasteiger partial charge >= 0.3 is 0 Å². The Balaban J connectivity index is 1.14. The van der Waals surface area contributed by atoms with Gasteiger partial charge in [0.05, 0.1) is 23.5 Å². The summed E-state index contributed by atoms with van der Waals surface area (Å²) in [6.45, 7) is 10.3. The Kier molecular flexibility index (Phi) is 7.45. The van der Waals surface area contributed by atoms with Crippen molar-refractivity contribution in [3.8, 4) is 5.69 Å². The first-order valence-corrected chi connectivity index (χ1v) is 14.8. The van der Waals surface area contributed by atoms with Crippen molar-refractivity contribution in [1.82, 2.24) is 19.4 Å². The molecule has 0 spiro atoms. The highest BCUT2D eigenvalue weighted by Gasteiger charge is 2.32. The summed E-state index contributed by atoms with van der Waals surface area (Å²) < 4.78 is 3.32. The Morgan fingerprint density at radius 3 is 2.49 bits per heavy atom. The highest BCUT2D eigenvalue weighted by molar-refractivity contribution is 9.10. The molecule has 1 atom stereocenters. The lowest BCUT2D eigenvalue weighted by molar-refractivity contribution is -0.137. The van der Waals surface area contributed by atoms with E-state index in [-0.39, 0.29) is 5.92 Å². The van der Waals surface area contributed by atoms with E-state index in [0.29, 0.717) is 5.91 Å². The summed E-state index contributed by atoms with van der Waals surface area (Å²) in [4.78, 5) is 25.6. The molecule has 2 aliphatic heterocycles. The van der Waals surface area contributed by atoms with Crippen molar-refractivity contribution < 1.29 is 4.79 Å². The molecule has 2 fully saturated rings. The van der Waals surface area contributed by atoms with Gasteiger partial charge < -0.3 is 9.80 Å².